The van der Waals surface area contributed by atoms with Crippen molar-refractivity contribution in [2.75, 3.05) is 13.9 Å². The maximum atomic E-state index is 11.4. The second kappa shape index (κ2) is 5.39. The van der Waals surface area contributed by atoms with Crippen molar-refractivity contribution in [2.24, 2.45) is 0 Å². The molecule has 1 heterocycles. The molecule has 1 aliphatic rings. The Morgan fingerprint density at radius 1 is 1.17 bits per heavy atom. The lowest BCUT2D eigenvalue weighted by molar-refractivity contribution is -0.144. The molecule has 1 aromatic rings. The zero-order valence-corrected chi connectivity index (χ0v) is 9.80. The van der Waals surface area contributed by atoms with Crippen molar-refractivity contribution in [3.05, 3.63) is 18.2 Å². The van der Waals surface area contributed by atoms with Gasteiger partial charge in [0.1, 0.15) is 5.75 Å². The monoisotopic (exact) mass is 252 g/mol. The number of ether oxygens (including phenoxy) is 4. The highest BCUT2D eigenvalue weighted by atomic mass is 16.7. The molecule has 6 heteroatoms. The van der Waals surface area contributed by atoms with Crippen LogP contribution in [0.4, 0.5) is 0 Å². The molecule has 0 N–H and O–H groups in total. The van der Waals surface area contributed by atoms with Crippen LogP contribution in [0.15, 0.2) is 18.2 Å². The molecule has 0 atom stereocenters. The van der Waals surface area contributed by atoms with Gasteiger partial charge in [-0.3, -0.25) is 9.59 Å². The molecule has 0 saturated heterocycles. The van der Waals surface area contributed by atoms with E-state index < -0.39 is 11.9 Å². The minimum Gasteiger partial charge on any atom is -0.469 e. The van der Waals surface area contributed by atoms with Crippen molar-refractivity contribution in [2.45, 2.75) is 12.8 Å². The fraction of sp³-hybridized carbons (Fsp3) is 0.333. The van der Waals surface area contributed by atoms with Crippen LogP contribution in [0.5, 0.6) is 17.2 Å². The molecule has 0 aliphatic carbocycles. The maximum absolute atomic E-state index is 11.4. The van der Waals surface area contributed by atoms with Gasteiger partial charge in [-0.25, -0.2) is 0 Å². The van der Waals surface area contributed by atoms with E-state index in [4.69, 9.17) is 14.2 Å². The summed E-state index contributed by atoms with van der Waals surface area (Å²) in [6.45, 7) is 0.162. The molecule has 0 saturated carbocycles. The molecule has 6 nitrogen and oxygen atoms in total. The van der Waals surface area contributed by atoms with E-state index in [1.54, 1.807) is 18.2 Å². The fourth-order valence-corrected chi connectivity index (χ4v) is 1.43. The summed E-state index contributed by atoms with van der Waals surface area (Å²) >= 11 is 0. The summed E-state index contributed by atoms with van der Waals surface area (Å²) in [5.41, 5.74) is 0. The highest BCUT2D eigenvalue weighted by molar-refractivity contribution is 5.79. The molecule has 2 rings (SSSR count). The van der Waals surface area contributed by atoms with Crippen LogP contribution in [0, 0.1) is 0 Å². The fourth-order valence-electron chi connectivity index (χ4n) is 1.43. The van der Waals surface area contributed by atoms with Crippen molar-refractivity contribution in [1.29, 1.82) is 0 Å². The Hall–Kier alpha value is -2.24. The van der Waals surface area contributed by atoms with Crippen molar-refractivity contribution in [3.8, 4) is 17.2 Å². The van der Waals surface area contributed by atoms with Gasteiger partial charge in [0.25, 0.3) is 0 Å². The third-order valence-electron chi connectivity index (χ3n) is 2.34. The third-order valence-corrected chi connectivity index (χ3v) is 2.34. The van der Waals surface area contributed by atoms with Crippen LogP contribution in [0.25, 0.3) is 0 Å². The molecule has 0 bridgehead atoms. The quantitative estimate of drug-likeness (QED) is 0.593. The van der Waals surface area contributed by atoms with E-state index in [1.807, 2.05) is 0 Å². The van der Waals surface area contributed by atoms with E-state index >= 15 is 0 Å². The van der Waals surface area contributed by atoms with Gasteiger partial charge in [-0.1, -0.05) is 0 Å². The third kappa shape index (κ3) is 2.91. The average molecular weight is 252 g/mol. The molecule has 0 unspecified atom stereocenters. The van der Waals surface area contributed by atoms with Gasteiger partial charge in [0.15, 0.2) is 11.5 Å². The van der Waals surface area contributed by atoms with Gasteiger partial charge < -0.3 is 18.9 Å². The second-order valence-electron chi connectivity index (χ2n) is 3.57. The van der Waals surface area contributed by atoms with E-state index in [0.717, 1.165) is 0 Å². The Balaban J connectivity index is 1.89. The molecule has 1 aromatic carbocycles. The zero-order valence-electron chi connectivity index (χ0n) is 9.80. The van der Waals surface area contributed by atoms with Gasteiger partial charge in [-0.2, -0.15) is 0 Å². The van der Waals surface area contributed by atoms with Crippen molar-refractivity contribution in [3.63, 3.8) is 0 Å². The van der Waals surface area contributed by atoms with Gasteiger partial charge in [0.05, 0.1) is 20.0 Å². The molecule has 0 aromatic heterocycles. The first kappa shape index (κ1) is 12.2. The van der Waals surface area contributed by atoms with Gasteiger partial charge in [0, 0.05) is 6.07 Å². The molecule has 0 radical (unpaired) electrons. The number of carbonyl (C=O) groups excluding carboxylic acids is 2. The maximum Gasteiger partial charge on any atom is 0.311 e. The second-order valence-corrected chi connectivity index (χ2v) is 3.57. The van der Waals surface area contributed by atoms with E-state index in [0.29, 0.717) is 17.2 Å². The molecule has 1 aliphatic heterocycles. The molecule has 0 amide bonds. The van der Waals surface area contributed by atoms with Crippen molar-refractivity contribution in [1.82, 2.24) is 0 Å². The molecular formula is C12H12O6. The summed E-state index contributed by atoms with van der Waals surface area (Å²) in [6.07, 6.45) is -0.0268. The predicted molar refractivity (Wildman–Crippen MR) is 59.5 cm³/mol. The zero-order chi connectivity index (χ0) is 13.0. The Kier molecular flexibility index (Phi) is 3.66. The van der Waals surface area contributed by atoms with Gasteiger partial charge in [0.2, 0.25) is 6.79 Å². The van der Waals surface area contributed by atoms with Gasteiger partial charge >= 0.3 is 11.9 Å². The SMILES string of the molecule is COC(=O)CCC(=O)Oc1ccc2c(c1)OCO2. The summed E-state index contributed by atoms with van der Waals surface area (Å²) in [5.74, 6) is 0.559. The van der Waals surface area contributed by atoms with E-state index in [9.17, 15) is 9.59 Å². The van der Waals surface area contributed by atoms with E-state index in [-0.39, 0.29) is 19.6 Å². The topological polar surface area (TPSA) is 71.1 Å². The number of fused-ring (bicyclic) bond motifs is 1. The lowest BCUT2D eigenvalue weighted by Crippen LogP contribution is -2.11. The molecule has 0 spiro atoms. The highest BCUT2D eigenvalue weighted by Gasteiger charge is 2.15. The Morgan fingerprint density at radius 2 is 1.89 bits per heavy atom. The number of rotatable bonds is 4. The Morgan fingerprint density at radius 3 is 2.67 bits per heavy atom. The van der Waals surface area contributed by atoms with Crippen LogP contribution in [0.2, 0.25) is 0 Å². The Bertz CT molecular complexity index is 468. The lowest BCUT2D eigenvalue weighted by Gasteiger charge is -2.04. The van der Waals surface area contributed by atoms with Crippen LogP contribution in [-0.2, 0) is 14.3 Å². The predicted octanol–water partition coefficient (Wildman–Crippen LogP) is 1.27. The summed E-state index contributed by atoms with van der Waals surface area (Å²) in [4.78, 5) is 22.3. The molecular weight excluding hydrogens is 240 g/mol. The summed E-state index contributed by atoms with van der Waals surface area (Å²) < 4.78 is 19.8. The summed E-state index contributed by atoms with van der Waals surface area (Å²) in [6, 6.07) is 4.83. The Labute approximate surface area is 103 Å². The number of hydrogen-bond acceptors (Lipinski definition) is 6. The number of benzene rings is 1. The normalized spacial score (nSPS) is 12.1. The van der Waals surface area contributed by atoms with Crippen molar-refractivity contribution < 1.29 is 28.5 Å². The minimum atomic E-state index is -0.501. The summed E-state index contributed by atoms with van der Waals surface area (Å²) in [7, 11) is 1.27. The van der Waals surface area contributed by atoms with E-state index in [2.05, 4.69) is 4.74 Å². The number of hydrogen-bond donors (Lipinski definition) is 0. The van der Waals surface area contributed by atoms with Crippen LogP contribution in [0.1, 0.15) is 12.8 Å². The average Bonchev–Trinajstić information content (AvgIpc) is 2.83. The van der Waals surface area contributed by atoms with Crippen LogP contribution in [0.3, 0.4) is 0 Å². The van der Waals surface area contributed by atoms with Crippen LogP contribution >= 0.6 is 0 Å². The summed E-state index contributed by atoms with van der Waals surface area (Å²) in [5, 5.41) is 0. The van der Waals surface area contributed by atoms with Gasteiger partial charge in [-0.05, 0) is 12.1 Å². The first-order valence-electron chi connectivity index (χ1n) is 5.36. The van der Waals surface area contributed by atoms with Crippen LogP contribution < -0.4 is 14.2 Å². The minimum absolute atomic E-state index is 0.000114. The standard InChI is InChI=1S/C12H12O6/c1-15-11(13)4-5-12(14)18-8-2-3-9-10(6-8)17-7-16-9/h2-3,6H,4-5,7H2,1H3. The van der Waals surface area contributed by atoms with Gasteiger partial charge in [-0.15, -0.1) is 0 Å². The largest absolute Gasteiger partial charge is 0.469 e. The molecule has 0 fully saturated rings. The first-order chi connectivity index (χ1) is 8.69. The van der Waals surface area contributed by atoms with Crippen LogP contribution in [-0.4, -0.2) is 25.8 Å². The lowest BCUT2D eigenvalue weighted by atomic mass is 10.3. The number of methoxy groups -OCH3 is 1. The van der Waals surface area contributed by atoms with Crippen molar-refractivity contribution >= 4 is 11.9 Å². The smallest absolute Gasteiger partial charge is 0.311 e. The number of carbonyl (C=O) groups is 2. The van der Waals surface area contributed by atoms with E-state index in [1.165, 1.54) is 7.11 Å². The molecule has 18 heavy (non-hydrogen) atoms. The first-order valence-corrected chi connectivity index (χ1v) is 5.36. The number of esters is 2. The highest BCUT2D eigenvalue weighted by Crippen LogP contribution is 2.35. The molecule has 96 valence electrons.